The molecule has 0 unspecified atom stereocenters. The maximum atomic E-state index is 11.7. The molecule has 1 aromatic rings. The second kappa shape index (κ2) is 7.54. The third-order valence-electron chi connectivity index (χ3n) is 2.89. The van der Waals surface area contributed by atoms with Crippen LogP contribution in [0.1, 0.15) is 45.1 Å². The Bertz CT molecular complexity index is 437. The van der Waals surface area contributed by atoms with Crippen molar-refractivity contribution in [1.29, 1.82) is 0 Å². The second-order valence-corrected chi connectivity index (χ2v) is 6.22. The summed E-state index contributed by atoms with van der Waals surface area (Å²) >= 11 is 0. The molecule has 0 bridgehead atoms. The lowest BCUT2D eigenvalue weighted by Gasteiger charge is -2.06. The fourth-order valence-corrected chi connectivity index (χ4v) is 2.91. The summed E-state index contributed by atoms with van der Waals surface area (Å²) in [7, 11) is -3.31. The van der Waals surface area contributed by atoms with Crippen molar-refractivity contribution in [3.05, 3.63) is 29.8 Å². The maximum absolute atomic E-state index is 11.7. The normalized spacial score (nSPS) is 11.7. The summed E-state index contributed by atoms with van der Waals surface area (Å²) in [5.74, 6) is 0. The van der Waals surface area contributed by atoms with Gasteiger partial charge < -0.3 is 0 Å². The van der Waals surface area contributed by atoms with Crippen molar-refractivity contribution in [2.24, 2.45) is 0 Å². The highest BCUT2D eigenvalue weighted by molar-refractivity contribution is 7.89. The Balaban J connectivity index is 2.57. The molecule has 0 heterocycles. The Morgan fingerprint density at radius 2 is 1.67 bits per heavy atom. The smallest absolute Gasteiger partial charge is 0.211 e. The van der Waals surface area contributed by atoms with E-state index in [4.69, 9.17) is 0 Å². The van der Waals surface area contributed by atoms with Gasteiger partial charge in [0.05, 0.1) is 4.90 Å². The van der Waals surface area contributed by atoms with E-state index in [2.05, 4.69) is 11.6 Å². The zero-order valence-electron chi connectivity index (χ0n) is 11.3. The van der Waals surface area contributed by atoms with Crippen LogP contribution >= 0.6 is 0 Å². The van der Waals surface area contributed by atoms with Crippen LogP contribution in [0.5, 0.6) is 0 Å². The van der Waals surface area contributed by atoms with Crippen LogP contribution in [0.25, 0.3) is 0 Å². The van der Waals surface area contributed by atoms with Crippen LogP contribution in [0.15, 0.2) is 29.2 Å². The van der Waals surface area contributed by atoms with E-state index in [1.54, 1.807) is 19.1 Å². The predicted molar refractivity (Wildman–Crippen MR) is 75.2 cm³/mol. The molecule has 0 spiro atoms. The lowest BCUT2D eigenvalue weighted by molar-refractivity contribution is 0.584. The molecular weight excluding hydrogens is 246 g/mol. The van der Waals surface area contributed by atoms with Gasteiger partial charge in [0.1, 0.15) is 0 Å². The van der Waals surface area contributed by atoms with Crippen molar-refractivity contribution in [3.63, 3.8) is 0 Å². The summed E-state index contributed by atoms with van der Waals surface area (Å²) in [6, 6.07) is 7.20. The fourth-order valence-electron chi connectivity index (χ4n) is 1.86. The third-order valence-corrected chi connectivity index (χ3v) is 4.45. The molecule has 0 fully saturated rings. The average Bonchev–Trinajstić information content (AvgIpc) is 2.35. The molecule has 0 aliphatic heterocycles. The Hall–Kier alpha value is -0.870. The molecule has 102 valence electrons. The molecule has 4 heteroatoms. The van der Waals surface area contributed by atoms with Gasteiger partial charge in [0.25, 0.3) is 0 Å². The Morgan fingerprint density at radius 3 is 2.22 bits per heavy atom. The molecule has 0 saturated carbocycles. The molecule has 0 amide bonds. The van der Waals surface area contributed by atoms with E-state index in [-0.39, 0.29) is 0 Å². The monoisotopic (exact) mass is 269 g/mol. The van der Waals surface area contributed by atoms with E-state index >= 15 is 0 Å². The Kier molecular flexibility index (Phi) is 6.36. The largest absolute Gasteiger partial charge is 0.240 e. The van der Waals surface area contributed by atoms with E-state index in [9.17, 15) is 8.42 Å². The lowest BCUT2D eigenvalue weighted by Crippen LogP contribution is -2.23. The summed E-state index contributed by atoms with van der Waals surface area (Å²) in [4.78, 5) is 0.349. The van der Waals surface area contributed by atoms with Gasteiger partial charge in [-0.25, -0.2) is 13.1 Å². The van der Waals surface area contributed by atoms with Gasteiger partial charge in [-0.15, -0.1) is 0 Å². The number of unbranched alkanes of at least 4 members (excludes halogenated alkanes) is 3. The van der Waals surface area contributed by atoms with Crippen LogP contribution < -0.4 is 4.72 Å². The first-order chi connectivity index (χ1) is 8.60. The fraction of sp³-hybridized carbons (Fsp3) is 0.571. The molecule has 18 heavy (non-hydrogen) atoms. The van der Waals surface area contributed by atoms with E-state index in [0.717, 1.165) is 6.42 Å². The third kappa shape index (κ3) is 4.78. The van der Waals surface area contributed by atoms with Crippen molar-refractivity contribution < 1.29 is 8.42 Å². The zero-order valence-corrected chi connectivity index (χ0v) is 12.1. The van der Waals surface area contributed by atoms with Crippen molar-refractivity contribution in [1.82, 2.24) is 4.72 Å². The van der Waals surface area contributed by atoms with Crippen molar-refractivity contribution in [2.75, 3.05) is 6.54 Å². The molecule has 0 radical (unpaired) electrons. The summed E-state index contributed by atoms with van der Waals surface area (Å²) in [6.07, 6.45) is 5.95. The van der Waals surface area contributed by atoms with Crippen LogP contribution in [0.3, 0.4) is 0 Å². The van der Waals surface area contributed by atoms with Crippen molar-refractivity contribution >= 4 is 10.0 Å². The second-order valence-electron chi connectivity index (χ2n) is 4.46. The number of hydrogen-bond donors (Lipinski definition) is 1. The molecule has 0 aromatic heterocycles. The molecule has 0 atom stereocenters. The average molecular weight is 269 g/mol. The van der Waals surface area contributed by atoms with Gasteiger partial charge >= 0.3 is 0 Å². The predicted octanol–water partition coefficient (Wildman–Crippen LogP) is 3.11. The lowest BCUT2D eigenvalue weighted by atomic mass is 10.1. The molecule has 0 aliphatic rings. The molecule has 1 N–H and O–H groups in total. The van der Waals surface area contributed by atoms with Gasteiger partial charge in [0.15, 0.2) is 0 Å². The molecule has 3 nitrogen and oxygen atoms in total. The molecule has 1 aromatic carbocycles. The van der Waals surface area contributed by atoms with Gasteiger partial charge in [-0.2, -0.15) is 0 Å². The molecule has 0 saturated heterocycles. The topological polar surface area (TPSA) is 46.2 Å². The van der Waals surface area contributed by atoms with Crippen LogP contribution in [0.2, 0.25) is 0 Å². The first kappa shape index (κ1) is 15.2. The Labute approximate surface area is 111 Å². The summed E-state index contributed by atoms with van der Waals surface area (Å²) in [5, 5.41) is 0. The Morgan fingerprint density at radius 1 is 1.00 bits per heavy atom. The van der Waals surface area contributed by atoms with Crippen molar-refractivity contribution in [3.8, 4) is 0 Å². The molecule has 1 rings (SSSR count). The minimum absolute atomic E-state index is 0.349. The number of sulfonamides is 1. The highest BCUT2D eigenvalue weighted by Crippen LogP contribution is 2.13. The first-order valence-electron chi connectivity index (χ1n) is 6.68. The summed E-state index contributed by atoms with van der Waals surface area (Å²) < 4.78 is 26.0. The van der Waals surface area contributed by atoms with Gasteiger partial charge in [0.2, 0.25) is 10.0 Å². The number of aryl methyl sites for hydroxylation is 1. The SMILES string of the molecule is CCCCCCc1ccc(S(=O)(=O)NCC)cc1. The van der Waals surface area contributed by atoms with E-state index < -0.39 is 10.0 Å². The van der Waals surface area contributed by atoms with Gasteiger partial charge in [-0.1, -0.05) is 45.2 Å². The van der Waals surface area contributed by atoms with E-state index in [0.29, 0.717) is 11.4 Å². The number of nitrogens with one attached hydrogen (secondary N) is 1. The number of hydrogen-bond acceptors (Lipinski definition) is 2. The number of benzene rings is 1. The van der Waals surface area contributed by atoms with E-state index in [1.165, 1.54) is 31.2 Å². The van der Waals surface area contributed by atoms with Gasteiger partial charge in [-0.05, 0) is 30.5 Å². The quantitative estimate of drug-likeness (QED) is 0.737. The van der Waals surface area contributed by atoms with Crippen LogP contribution in [0, 0.1) is 0 Å². The van der Waals surface area contributed by atoms with Gasteiger partial charge in [0, 0.05) is 6.54 Å². The van der Waals surface area contributed by atoms with Crippen LogP contribution in [-0.2, 0) is 16.4 Å². The summed E-state index contributed by atoms with van der Waals surface area (Å²) in [6.45, 7) is 4.39. The molecule has 0 aliphatic carbocycles. The van der Waals surface area contributed by atoms with E-state index in [1.807, 2.05) is 12.1 Å². The van der Waals surface area contributed by atoms with Crippen LogP contribution in [0.4, 0.5) is 0 Å². The maximum Gasteiger partial charge on any atom is 0.240 e. The standard InChI is InChI=1S/C14H23NO2S/c1-3-5-6-7-8-13-9-11-14(12-10-13)18(16,17)15-4-2/h9-12,15H,3-8H2,1-2H3. The first-order valence-corrected chi connectivity index (χ1v) is 8.17. The van der Waals surface area contributed by atoms with Crippen molar-refractivity contribution in [2.45, 2.75) is 50.8 Å². The minimum atomic E-state index is -3.31. The van der Waals surface area contributed by atoms with Crippen LogP contribution in [-0.4, -0.2) is 15.0 Å². The number of rotatable bonds is 8. The highest BCUT2D eigenvalue weighted by atomic mass is 32.2. The molecular formula is C14H23NO2S. The summed E-state index contributed by atoms with van der Waals surface area (Å²) in [5.41, 5.74) is 1.21. The zero-order chi connectivity index (χ0) is 13.4. The minimum Gasteiger partial charge on any atom is -0.211 e. The highest BCUT2D eigenvalue weighted by Gasteiger charge is 2.11. The van der Waals surface area contributed by atoms with Gasteiger partial charge in [-0.3, -0.25) is 0 Å².